The van der Waals surface area contributed by atoms with E-state index in [0.717, 1.165) is 0 Å². The summed E-state index contributed by atoms with van der Waals surface area (Å²) in [5, 5.41) is 17.3. The Hall–Kier alpha value is -0.420. The van der Waals surface area contributed by atoms with Gasteiger partial charge in [0.25, 0.3) is 0 Å². The van der Waals surface area contributed by atoms with Crippen molar-refractivity contribution in [3.8, 4) is 0 Å². The molecule has 11 heavy (non-hydrogen) atoms. The summed E-state index contributed by atoms with van der Waals surface area (Å²) in [6, 6.07) is 0. The van der Waals surface area contributed by atoms with Crippen LogP contribution in [0.4, 0.5) is 0 Å². The van der Waals surface area contributed by atoms with Gasteiger partial charge in [-0.15, -0.1) is 0 Å². The van der Waals surface area contributed by atoms with Crippen molar-refractivity contribution in [1.82, 2.24) is 0 Å². The number of aliphatic hydroxyl groups is 1. The van der Waals surface area contributed by atoms with Crippen LogP contribution in [0.3, 0.4) is 0 Å². The fourth-order valence-corrected chi connectivity index (χ4v) is 0.787. The Kier molecular flexibility index (Phi) is 5.06. The van der Waals surface area contributed by atoms with E-state index in [1.165, 1.54) is 0 Å². The molecule has 0 aromatic heterocycles. The lowest BCUT2D eigenvalue weighted by molar-refractivity contribution is -0.140. The minimum absolute atomic E-state index is 0.0997. The first-order valence-electron chi connectivity index (χ1n) is 3.03. The number of carbonyl (C=O) groups is 2. The fraction of sp³-hybridized carbons (Fsp3) is 0.667. The van der Waals surface area contributed by atoms with Crippen LogP contribution in [-0.4, -0.2) is 33.4 Å². The van der Waals surface area contributed by atoms with Gasteiger partial charge < -0.3 is 10.2 Å². The van der Waals surface area contributed by atoms with Crippen LogP contribution in [0.1, 0.15) is 12.8 Å². The molecule has 0 amide bonds. The molecule has 0 heterocycles. The molecule has 0 aliphatic heterocycles. The highest BCUT2D eigenvalue weighted by molar-refractivity contribution is 9.09. The van der Waals surface area contributed by atoms with E-state index >= 15 is 0 Å². The highest BCUT2D eigenvalue weighted by Gasteiger charge is 2.12. The van der Waals surface area contributed by atoms with Crippen LogP contribution in [0.5, 0.6) is 0 Å². The Morgan fingerprint density at radius 3 is 2.36 bits per heavy atom. The summed E-state index contributed by atoms with van der Waals surface area (Å²) in [4.78, 5) is 20.6. The van der Waals surface area contributed by atoms with Crippen LogP contribution in [0.15, 0.2) is 0 Å². The molecule has 1 unspecified atom stereocenters. The van der Waals surface area contributed by atoms with Crippen molar-refractivity contribution >= 4 is 27.7 Å². The minimum atomic E-state index is -1.16. The number of aliphatic carboxylic acids is 1. The van der Waals surface area contributed by atoms with Crippen LogP contribution in [-0.2, 0) is 9.59 Å². The van der Waals surface area contributed by atoms with Gasteiger partial charge in [-0.3, -0.25) is 9.59 Å². The topological polar surface area (TPSA) is 74.6 Å². The van der Waals surface area contributed by atoms with E-state index < -0.39 is 24.3 Å². The van der Waals surface area contributed by atoms with Gasteiger partial charge in [-0.25, -0.2) is 0 Å². The molecule has 0 rings (SSSR count). The van der Waals surface area contributed by atoms with Crippen LogP contribution in [0.2, 0.25) is 0 Å². The Morgan fingerprint density at radius 1 is 1.45 bits per heavy atom. The standard InChI is InChI=1S/C6H9BrO4/c7-3-5(9)1-4(8)2-6(10)11/h5,9H,1-3H2,(H,10,11). The molecule has 5 heteroatoms. The van der Waals surface area contributed by atoms with Gasteiger partial charge in [0.2, 0.25) is 0 Å². The number of aliphatic hydroxyl groups excluding tert-OH is 1. The third-order valence-electron chi connectivity index (χ3n) is 0.990. The first-order valence-corrected chi connectivity index (χ1v) is 4.16. The maximum absolute atomic E-state index is 10.7. The molecule has 64 valence electrons. The monoisotopic (exact) mass is 224 g/mol. The normalized spacial score (nSPS) is 12.5. The van der Waals surface area contributed by atoms with E-state index in [9.17, 15) is 9.59 Å². The average Bonchev–Trinajstić information content (AvgIpc) is 1.85. The van der Waals surface area contributed by atoms with Crippen LogP contribution < -0.4 is 0 Å². The average molecular weight is 225 g/mol. The van der Waals surface area contributed by atoms with Crippen molar-refractivity contribution in [2.75, 3.05) is 5.33 Å². The second-order valence-electron chi connectivity index (χ2n) is 2.12. The zero-order valence-electron chi connectivity index (χ0n) is 5.79. The Balaban J connectivity index is 3.60. The van der Waals surface area contributed by atoms with Gasteiger partial charge in [0.1, 0.15) is 12.2 Å². The van der Waals surface area contributed by atoms with Gasteiger partial charge in [0.05, 0.1) is 6.10 Å². The van der Waals surface area contributed by atoms with Crippen molar-refractivity contribution in [2.24, 2.45) is 0 Å². The van der Waals surface area contributed by atoms with E-state index in [4.69, 9.17) is 10.2 Å². The molecule has 0 spiro atoms. The van der Waals surface area contributed by atoms with E-state index in [1.54, 1.807) is 0 Å². The second-order valence-corrected chi connectivity index (χ2v) is 2.77. The largest absolute Gasteiger partial charge is 0.481 e. The number of hydrogen-bond acceptors (Lipinski definition) is 3. The molecule has 0 aromatic carbocycles. The molecule has 4 nitrogen and oxygen atoms in total. The van der Waals surface area contributed by atoms with Gasteiger partial charge >= 0.3 is 5.97 Å². The predicted molar refractivity (Wildman–Crippen MR) is 41.7 cm³/mol. The third-order valence-corrected chi connectivity index (χ3v) is 1.74. The van der Waals surface area contributed by atoms with Crippen LogP contribution in [0.25, 0.3) is 0 Å². The van der Waals surface area contributed by atoms with E-state index in [2.05, 4.69) is 15.9 Å². The highest BCUT2D eigenvalue weighted by atomic mass is 79.9. The van der Waals surface area contributed by atoms with Crippen LogP contribution >= 0.6 is 15.9 Å². The van der Waals surface area contributed by atoms with Crippen LogP contribution in [0, 0.1) is 0 Å². The van der Waals surface area contributed by atoms with Gasteiger partial charge in [-0.1, -0.05) is 15.9 Å². The predicted octanol–water partition coefficient (Wildman–Crippen LogP) is 0.176. The SMILES string of the molecule is O=C(O)CC(=O)CC(O)CBr. The third kappa shape index (κ3) is 6.00. The smallest absolute Gasteiger partial charge is 0.310 e. The number of carbonyl (C=O) groups excluding carboxylic acids is 1. The van der Waals surface area contributed by atoms with Gasteiger partial charge in [-0.2, -0.15) is 0 Å². The quantitative estimate of drug-likeness (QED) is 0.516. The minimum Gasteiger partial charge on any atom is -0.481 e. The Bertz CT molecular complexity index is 157. The lowest BCUT2D eigenvalue weighted by Gasteiger charge is -2.02. The molecule has 1 atom stereocenters. The van der Waals surface area contributed by atoms with E-state index in [1.807, 2.05) is 0 Å². The Labute approximate surface area is 72.3 Å². The van der Waals surface area contributed by atoms with Crippen molar-refractivity contribution in [3.63, 3.8) is 0 Å². The summed E-state index contributed by atoms with van der Waals surface area (Å²) in [7, 11) is 0. The van der Waals surface area contributed by atoms with Crippen molar-refractivity contribution in [2.45, 2.75) is 18.9 Å². The number of carboxylic acid groups (broad SMARTS) is 1. The number of halogens is 1. The summed E-state index contributed by atoms with van der Waals surface area (Å²) >= 11 is 2.96. The molecule has 0 radical (unpaired) electrons. The molecule has 0 aliphatic carbocycles. The lowest BCUT2D eigenvalue weighted by Crippen LogP contribution is -2.16. The molecular formula is C6H9BrO4. The molecule has 0 aromatic rings. The zero-order chi connectivity index (χ0) is 8.85. The molecular weight excluding hydrogens is 216 g/mol. The number of rotatable bonds is 5. The summed E-state index contributed by atoms with van der Waals surface area (Å²) in [5.41, 5.74) is 0. The molecule has 0 aliphatic rings. The van der Waals surface area contributed by atoms with E-state index in [0.29, 0.717) is 5.33 Å². The lowest BCUT2D eigenvalue weighted by atomic mass is 10.1. The van der Waals surface area contributed by atoms with Gasteiger partial charge in [-0.05, 0) is 0 Å². The number of hydrogen-bond donors (Lipinski definition) is 2. The maximum Gasteiger partial charge on any atom is 0.310 e. The van der Waals surface area contributed by atoms with Crippen molar-refractivity contribution in [1.29, 1.82) is 0 Å². The molecule has 0 bridgehead atoms. The zero-order valence-corrected chi connectivity index (χ0v) is 7.37. The second kappa shape index (κ2) is 5.26. The van der Waals surface area contributed by atoms with E-state index in [-0.39, 0.29) is 6.42 Å². The Morgan fingerprint density at radius 2 is 2.00 bits per heavy atom. The number of alkyl halides is 1. The van der Waals surface area contributed by atoms with Crippen molar-refractivity contribution in [3.05, 3.63) is 0 Å². The number of Topliss-reactive ketones (excluding diaryl/α,β-unsaturated/α-hetero) is 1. The van der Waals surface area contributed by atoms with Crippen molar-refractivity contribution < 1.29 is 19.8 Å². The highest BCUT2D eigenvalue weighted by Crippen LogP contribution is 1.99. The fourth-order valence-electron chi connectivity index (χ4n) is 0.558. The number of carboxylic acids is 1. The summed E-state index contributed by atoms with van der Waals surface area (Å²) in [5.74, 6) is -1.61. The molecule has 0 saturated carbocycles. The molecule has 0 fully saturated rings. The summed E-state index contributed by atoms with van der Waals surface area (Å²) in [6.45, 7) is 0. The summed E-state index contributed by atoms with van der Waals surface area (Å²) in [6.07, 6.45) is -1.39. The molecule has 0 saturated heterocycles. The maximum atomic E-state index is 10.7. The van der Waals surface area contributed by atoms with Gasteiger partial charge in [0.15, 0.2) is 0 Å². The molecule has 2 N–H and O–H groups in total. The summed E-state index contributed by atoms with van der Waals surface area (Å²) < 4.78 is 0. The van der Waals surface area contributed by atoms with Gasteiger partial charge in [0, 0.05) is 11.8 Å². The first kappa shape index (κ1) is 10.6. The first-order chi connectivity index (χ1) is 5.06. The number of ketones is 1.